The molecule has 156 valence electrons. The zero-order valence-corrected chi connectivity index (χ0v) is 17.7. The molecule has 0 bridgehead atoms. The molecule has 0 spiro atoms. The van der Waals surface area contributed by atoms with Crippen LogP contribution in [0.15, 0.2) is 22.6 Å². The maximum Gasteiger partial charge on any atom is 0.276 e. The van der Waals surface area contributed by atoms with E-state index in [1.54, 1.807) is 32.2 Å². The summed E-state index contributed by atoms with van der Waals surface area (Å²) >= 11 is 6.18. The minimum Gasteiger partial charge on any atom is -0.497 e. The number of hydrogen-bond donors (Lipinski definition) is 1. The summed E-state index contributed by atoms with van der Waals surface area (Å²) in [5.41, 5.74) is 1.02. The van der Waals surface area contributed by atoms with E-state index in [0.717, 1.165) is 25.9 Å². The third-order valence-corrected chi connectivity index (χ3v) is 5.51. The van der Waals surface area contributed by atoms with E-state index in [0.29, 0.717) is 39.6 Å². The summed E-state index contributed by atoms with van der Waals surface area (Å²) in [6, 6.07) is 5.18. The molecule has 1 aliphatic rings. The highest BCUT2D eigenvalue weighted by Gasteiger charge is 2.26. The number of rotatable bonds is 6. The molecule has 0 saturated carbocycles. The van der Waals surface area contributed by atoms with Crippen LogP contribution in [0.3, 0.4) is 0 Å². The lowest BCUT2D eigenvalue weighted by atomic mass is 9.99. The molecule has 2 aromatic rings. The van der Waals surface area contributed by atoms with Crippen LogP contribution in [0.4, 0.5) is 0 Å². The van der Waals surface area contributed by atoms with Crippen LogP contribution in [0.25, 0.3) is 0 Å². The first-order chi connectivity index (χ1) is 13.9. The van der Waals surface area contributed by atoms with Crippen molar-refractivity contribution >= 4 is 23.4 Å². The molecule has 3 rings (SSSR count). The van der Waals surface area contributed by atoms with Gasteiger partial charge in [-0.2, -0.15) is 0 Å². The third kappa shape index (κ3) is 5.29. The molecular formula is C21H26ClN3O4. The molecule has 1 aliphatic heterocycles. The van der Waals surface area contributed by atoms with E-state index in [1.807, 2.05) is 4.90 Å². The van der Waals surface area contributed by atoms with E-state index in [2.05, 4.69) is 17.2 Å². The van der Waals surface area contributed by atoms with Gasteiger partial charge in [0.15, 0.2) is 5.69 Å². The number of aromatic nitrogens is 1. The second-order valence-corrected chi connectivity index (χ2v) is 7.81. The Labute approximate surface area is 175 Å². The van der Waals surface area contributed by atoms with Crippen LogP contribution >= 0.6 is 11.6 Å². The van der Waals surface area contributed by atoms with Gasteiger partial charge in [-0.15, -0.1) is 0 Å². The lowest BCUT2D eigenvalue weighted by molar-refractivity contribution is -0.120. The third-order valence-electron chi connectivity index (χ3n) is 5.16. The Hall–Kier alpha value is -2.54. The van der Waals surface area contributed by atoms with E-state index in [9.17, 15) is 9.59 Å². The summed E-state index contributed by atoms with van der Waals surface area (Å²) in [6.45, 7) is 5.50. The average molecular weight is 420 g/mol. The monoisotopic (exact) mass is 419 g/mol. The molecule has 1 aromatic heterocycles. The zero-order chi connectivity index (χ0) is 21.0. The Morgan fingerprint density at radius 2 is 2.07 bits per heavy atom. The van der Waals surface area contributed by atoms with Crippen LogP contribution in [-0.2, 0) is 17.8 Å². The molecule has 0 unspecified atom stereocenters. The fraction of sp³-hybridized carbons (Fsp3) is 0.476. The largest absolute Gasteiger partial charge is 0.497 e. The number of oxazole rings is 1. The molecule has 7 nitrogen and oxygen atoms in total. The highest BCUT2D eigenvalue weighted by atomic mass is 35.5. The van der Waals surface area contributed by atoms with Gasteiger partial charge in [-0.3, -0.25) is 9.59 Å². The van der Waals surface area contributed by atoms with Crippen LogP contribution in [0.1, 0.15) is 47.5 Å². The number of hydrogen-bond acceptors (Lipinski definition) is 5. The predicted octanol–water partition coefficient (Wildman–Crippen LogP) is 3.38. The van der Waals surface area contributed by atoms with Gasteiger partial charge in [0.05, 0.1) is 20.1 Å². The van der Waals surface area contributed by atoms with Crippen LogP contribution in [0, 0.1) is 12.8 Å². The fourth-order valence-electron chi connectivity index (χ4n) is 3.29. The van der Waals surface area contributed by atoms with Gasteiger partial charge in [-0.05, 0) is 43.4 Å². The molecule has 0 radical (unpaired) electrons. The van der Waals surface area contributed by atoms with Gasteiger partial charge in [0.25, 0.3) is 5.91 Å². The highest BCUT2D eigenvalue weighted by Crippen LogP contribution is 2.23. The molecule has 0 atom stereocenters. The summed E-state index contributed by atoms with van der Waals surface area (Å²) in [5.74, 6) is 1.73. The van der Waals surface area contributed by atoms with Crippen molar-refractivity contribution in [3.05, 3.63) is 46.1 Å². The second-order valence-electron chi connectivity index (χ2n) is 7.40. The van der Waals surface area contributed by atoms with E-state index < -0.39 is 0 Å². The minimum atomic E-state index is -0.217. The number of ether oxygens (including phenoxy) is 1. The average Bonchev–Trinajstić information content (AvgIpc) is 3.08. The molecule has 1 aromatic carbocycles. The summed E-state index contributed by atoms with van der Waals surface area (Å²) in [7, 11) is 1.56. The Bertz CT molecular complexity index is 888. The zero-order valence-electron chi connectivity index (χ0n) is 17.0. The van der Waals surface area contributed by atoms with Crippen LogP contribution in [0.2, 0.25) is 5.02 Å². The Morgan fingerprint density at radius 1 is 1.34 bits per heavy atom. The summed E-state index contributed by atoms with van der Waals surface area (Å²) in [6.07, 6.45) is 2.12. The van der Waals surface area contributed by atoms with Crippen LogP contribution < -0.4 is 10.1 Å². The number of aryl methyl sites for hydroxylation is 1. The van der Waals surface area contributed by atoms with Gasteiger partial charge in [0.2, 0.25) is 11.8 Å². The Kier molecular flexibility index (Phi) is 6.79. The van der Waals surface area contributed by atoms with Gasteiger partial charge >= 0.3 is 0 Å². The Balaban J connectivity index is 1.56. The topological polar surface area (TPSA) is 84.7 Å². The van der Waals surface area contributed by atoms with Crippen molar-refractivity contribution in [2.24, 2.45) is 5.92 Å². The van der Waals surface area contributed by atoms with Gasteiger partial charge in [0, 0.05) is 18.1 Å². The number of carbonyl (C=O) groups is 2. The van der Waals surface area contributed by atoms with Crippen molar-refractivity contribution in [1.29, 1.82) is 0 Å². The first-order valence-corrected chi connectivity index (χ1v) is 10.1. The molecule has 1 fully saturated rings. The van der Waals surface area contributed by atoms with Crippen molar-refractivity contribution in [1.82, 2.24) is 15.2 Å². The lowest BCUT2D eigenvalue weighted by Gasteiger charge is -2.29. The SMILES string of the molecule is COc1ccc(CC(=O)NCc2nc(C(=O)N3CCC(C)CC3)c(C)o2)c(Cl)c1. The van der Waals surface area contributed by atoms with Crippen molar-refractivity contribution in [2.45, 2.75) is 39.7 Å². The summed E-state index contributed by atoms with van der Waals surface area (Å²) in [4.78, 5) is 31.1. The molecule has 2 heterocycles. The van der Waals surface area contributed by atoms with Crippen molar-refractivity contribution < 1.29 is 18.7 Å². The van der Waals surface area contributed by atoms with E-state index in [1.165, 1.54) is 0 Å². The number of nitrogens with zero attached hydrogens (tertiary/aromatic N) is 2. The minimum absolute atomic E-state index is 0.109. The van der Waals surface area contributed by atoms with Gasteiger partial charge < -0.3 is 19.4 Å². The summed E-state index contributed by atoms with van der Waals surface area (Å²) in [5, 5.41) is 3.23. The first kappa shape index (κ1) is 21.2. The number of methoxy groups -OCH3 is 1. The quantitative estimate of drug-likeness (QED) is 0.775. The second kappa shape index (κ2) is 9.31. The number of nitrogens with one attached hydrogen (secondary N) is 1. The fourth-order valence-corrected chi connectivity index (χ4v) is 3.53. The number of piperidine rings is 1. The van der Waals surface area contributed by atoms with Crippen molar-refractivity contribution in [3.8, 4) is 5.75 Å². The van der Waals surface area contributed by atoms with Gasteiger partial charge in [-0.1, -0.05) is 24.6 Å². The normalized spacial score (nSPS) is 14.7. The maximum absolute atomic E-state index is 12.7. The maximum atomic E-state index is 12.7. The number of likely N-dealkylation sites (tertiary alicyclic amines) is 1. The van der Waals surface area contributed by atoms with Gasteiger partial charge in [-0.25, -0.2) is 4.98 Å². The molecule has 0 aliphatic carbocycles. The number of benzene rings is 1. The molecular weight excluding hydrogens is 394 g/mol. The smallest absolute Gasteiger partial charge is 0.276 e. The first-order valence-electron chi connectivity index (χ1n) is 9.72. The lowest BCUT2D eigenvalue weighted by Crippen LogP contribution is -2.38. The molecule has 1 N–H and O–H groups in total. The highest BCUT2D eigenvalue weighted by molar-refractivity contribution is 6.31. The molecule has 29 heavy (non-hydrogen) atoms. The van der Waals surface area contributed by atoms with Crippen molar-refractivity contribution in [3.63, 3.8) is 0 Å². The standard InChI is InChI=1S/C21H26ClN3O4/c1-13-6-8-25(9-7-13)21(27)20-14(2)29-19(24-20)12-23-18(26)10-15-4-5-16(28-3)11-17(15)22/h4-5,11,13H,6-10,12H2,1-3H3,(H,23,26). The molecule has 8 heteroatoms. The van der Waals surface area contributed by atoms with Gasteiger partial charge in [0.1, 0.15) is 11.5 Å². The molecule has 2 amide bonds. The van der Waals surface area contributed by atoms with E-state index >= 15 is 0 Å². The molecule has 1 saturated heterocycles. The predicted molar refractivity (Wildman–Crippen MR) is 109 cm³/mol. The number of halogens is 1. The number of carbonyl (C=O) groups excluding carboxylic acids is 2. The van der Waals surface area contributed by atoms with E-state index in [-0.39, 0.29) is 24.8 Å². The van der Waals surface area contributed by atoms with E-state index in [4.69, 9.17) is 20.8 Å². The van der Waals surface area contributed by atoms with Crippen LogP contribution in [-0.4, -0.2) is 41.9 Å². The summed E-state index contributed by atoms with van der Waals surface area (Å²) < 4.78 is 10.7. The number of amides is 2. The Morgan fingerprint density at radius 3 is 2.72 bits per heavy atom. The van der Waals surface area contributed by atoms with Crippen molar-refractivity contribution in [2.75, 3.05) is 20.2 Å². The van der Waals surface area contributed by atoms with Crippen LogP contribution in [0.5, 0.6) is 5.75 Å².